The van der Waals surface area contributed by atoms with Crippen LogP contribution >= 0.6 is 0 Å². The van der Waals surface area contributed by atoms with E-state index in [4.69, 9.17) is 4.74 Å². The second kappa shape index (κ2) is 5.88. The van der Waals surface area contributed by atoms with Crippen LogP contribution in [-0.2, 0) is 17.7 Å². The van der Waals surface area contributed by atoms with Gasteiger partial charge in [-0.1, -0.05) is 0 Å². The number of carbonyl (C=O) groups is 1. The molecule has 1 amide bonds. The standard InChI is InChI=1S/C13H17F3N4O2/c14-13(15,16)10-8-20(5-6-22-10)12(21)9-7-19-4-3-17-2-1-11(19)18-9/h7,10,17H,1-6,8H2. The van der Waals surface area contributed by atoms with Gasteiger partial charge in [-0.15, -0.1) is 0 Å². The largest absolute Gasteiger partial charge is 0.416 e. The van der Waals surface area contributed by atoms with Crippen LogP contribution in [0.2, 0.25) is 0 Å². The Hall–Kier alpha value is -1.61. The third-order valence-electron chi connectivity index (χ3n) is 3.85. The van der Waals surface area contributed by atoms with Gasteiger partial charge in [0.2, 0.25) is 0 Å². The van der Waals surface area contributed by atoms with Crippen molar-refractivity contribution in [2.75, 3.05) is 32.8 Å². The third-order valence-corrected chi connectivity index (χ3v) is 3.85. The molecule has 1 N–H and O–H groups in total. The topological polar surface area (TPSA) is 59.4 Å². The molecule has 1 aromatic rings. The second-order valence-electron chi connectivity index (χ2n) is 5.39. The number of fused-ring (bicyclic) bond motifs is 1. The van der Waals surface area contributed by atoms with Crippen molar-refractivity contribution in [2.45, 2.75) is 25.2 Å². The molecule has 1 unspecified atom stereocenters. The van der Waals surface area contributed by atoms with Gasteiger partial charge in [-0.2, -0.15) is 13.2 Å². The van der Waals surface area contributed by atoms with E-state index in [1.54, 1.807) is 6.20 Å². The number of hydrogen-bond donors (Lipinski definition) is 1. The van der Waals surface area contributed by atoms with Crippen LogP contribution in [0.5, 0.6) is 0 Å². The Morgan fingerprint density at radius 1 is 1.36 bits per heavy atom. The second-order valence-corrected chi connectivity index (χ2v) is 5.39. The molecule has 0 saturated carbocycles. The molecule has 1 saturated heterocycles. The van der Waals surface area contributed by atoms with Crippen LogP contribution < -0.4 is 5.32 Å². The van der Waals surface area contributed by atoms with Crippen LogP contribution in [0.4, 0.5) is 13.2 Å². The number of hydrogen-bond acceptors (Lipinski definition) is 4. The van der Waals surface area contributed by atoms with E-state index < -0.39 is 24.7 Å². The van der Waals surface area contributed by atoms with Crippen molar-refractivity contribution in [1.82, 2.24) is 19.8 Å². The normalized spacial score (nSPS) is 23.0. The molecule has 0 aliphatic carbocycles. The summed E-state index contributed by atoms with van der Waals surface area (Å²) in [5.41, 5.74) is 0.208. The molecule has 0 radical (unpaired) electrons. The van der Waals surface area contributed by atoms with Crippen molar-refractivity contribution in [1.29, 1.82) is 0 Å². The molecular formula is C13H17F3N4O2. The highest BCUT2D eigenvalue weighted by Crippen LogP contribution is 2.26. The summed E-state index contributed by atoms with van der Waals surface area (Å²) >= 11 is 0. The molecule has 122 valence electrons. The molecule has 9 heteroatoms. The Bertz CT molecular complexity index is 534. The lowest BCUT2D eigenvalue weighted by atomic mass is 10.2. The van der Waals surface area contributed by atoms with Crippen LogP contribution in [0.15, 0.2) is 6.20 Å². The molecule has 3 heterocycles. The monoisotopic (exact) mass is 318 g/mol. The zero-order valence-corrected chi connectivity index (χ0v) is 11.9. The summed E-state index contributed by atoms with van der Waals surface area (Å²) in [6, 6.07) is 0. The first-order valence-electron chi connectivity index (χ1n) is 7.19. The quantitative estimate of drug-likeness (QED) is 0.816. The van der Waals surface area contributed by atoms with Gasteiger partial charge in [0.15, 0.2) is 6.10 Å². The molecule has 3 rings (SSSR count). The summed E-state index contributed by atoms with van der Waals surface area (Å²) in [5, 5.41) is 3.22. The van der Waals surface area contributed by atoms with Crippen molar-refractivity contribution in [3.8, 4) is 0 Å². The zero-order valence-electron chi connectivity index (χ0n) is 11.9. The number of imidazole rings is 1. The number of morpholine rings is 1. The van der Waals surface area contributed by atoms with Gasteiger partial charge in [-0.05, 0) is 0 Å². The zero-order chi connectivity index (χ0) is 15.7. The highest BCUT2D eigenvalue weighted by atomic mass is 19.4. The number of carbonyl (C=O) groups excluding carboxylic acids is 1. The van der Waals surface area contributed by atoms with Crippen LogP contribution in [0.3, 0.4) is 0 Å². The van der Waals surface area contributed by atoms with Crippen molar-refractivity contribution in [2.24, 2.45) is 0 Å². The number of nitrogens with one attached hydrogen (secondary N) is 1. The van der Waals surface area contributed by atoms with E-state index >= 15 is 0 Å². The molecule has 1 atom stereocenters. The predicted molar refractivity (Wildman–Crippen MR) is 70.5 cm³/mol. The minimum Gasteiger partial charge on any atom is -0.365 e. The molecule has 0 spiro atoms. The first-order valence-corrected chi connectivity index (χ1v) is 7.19. The summed E-state index contributed by atoms with van der Waals surface area (Å²) in [7, 11) is 0. The summed E-state index contributed by atoms with van der Waals surface area (Å²) < 4.78 is 44.8. The molecule has 22 heavy (non-hydrogen) atoms. The average Bonchev–Trinajstić information content (AvgIpc) is 2.77. The number of rotatable bonds is 1. The first kappa shape index (κ1) is 15.3. The van der Waals surface area contributed by atoms with E-state index in [9.17, 15) is 18.0 Å². The van der Waals surface area contributed by atoms with Gasteiger partial charge in [-0.25, -0.2) is 4.98 Å². The van der Waals surface area contributed by atoms with E-state index in [2.05, 4.69) is 10.3 Å². The molecule has 0 bridgehead atoms. The molecule has 6 nitrogen and oxygen atoms in total. The van der Waals surface area contributed by atoms with Crippen molar-refractivity contribution in [3.05, 3.63) is 17.7 Å². The Labute approximate surface area is 125 Å². The third kappa shape index (κ3) is 3.09. The number of alkyl halides is 3. The van der Waals surface area contributed by atoms with Crippen LogP contribution in [0.1, 0.15) is 16.3 Å². The fourth-order valence-electron chi connectivity index (χ4n) is 2.67. The van der Waals surface area contributed by atoms with Crippen LogP contribution in [0, 0.1) is 0 Å². The van der Waals surface area contributed by atoms with Gasteiger partial charge in [-0.3, -0.25) is 4.79 Å². The SMILES string of the molecule is O=C(c1cn2c(n1)CCNCC2)N1CCOC(C(F)(F)F)C1. The van der Waals surface area contributed by atoms with Gasteiger partial charge in [0.1, 0.15) is 11.5 Å². The van der Waals surface area contributed by atoms with Crippen molar-refractivity contribution in [3.63, 3.8) is 0 Å². The van der Waals surface area contributed by atoms with Crippen LogP contribution in [-0.4, -0.2) is 65.4 Å². The minimum absolute atomic E-state index is 0.118. The Kier molecular flexibility index (Phi) is 4.09. The van der Waals surface area contributed by atoms with Gasteiger partial charge >= 0.3 is 6.18 Å². The van der Waals surface area contributed by atoms with E-state index in [-0.39, 0.29) is 18.8 Å². The molecule has 2 aliphatic rings. The fraction of sp³-hybridized carbons (Fsp3) is 0.692. The highest BCUT2D eigenvalue weighted by Gasteiger charge is 2.44. The number of ether oxygens (including phenoxy) is 1. The van der Waals surface area contributed by atoms with Gasteiger partial charge in [0.05, 0.1) is 13.2 Å². The van der Waals surface area contributed by atoms with Crippen molar-refractivity contribution < 1.29 is 22.7 Å². The molecule has 2 aliphatic heterocycles. The maximum absolute atomic E-state index is 12.7. The minimum atomic E-state index is -4.46. The Morgan fingerprint density at radius 3 is 2.95 bits per heavy atom. The average molecular weight is 318 g/mol. The van der Waals surface area contributed by atoms with E-state index in [1.165, 1.54) is 4.90 Å². The maximum atomic E-state index is 12.7. The fourth-order valence-corrected chi connectivity index (χ4v) is 2.67. The lowest BCUT2D eigenvalue weighted by molar-refractivity contribution is -0.233. The molecular weight excluding hydrogens is 301 g/mol. The number of aromatic nitrogens is 2. The van der Waals surface area contributed by atoms with Gasteiger partial charge < -0.3 is 19.5 Å². The molecule has 0 aromatic carbocycles. The van der Waals surface area contributed by atoms with Gasteiger partial charge in [0, 0.05) is 38.8 Å². The smallest absolute Gasteiger partial charge is 0.365 e. The molecule has 1 aromatic heterocycles. The number of halogens is 3. The van der Waals surface area contributed by atoms with E-state index in [0.29, 0.717) is 13.0 Å². The Morgan fingerprint density at radius 2 is 2.18 bits per heavy atom. The lowest BCUT2D eigenvalue weighted by Crippen LogP contribution is -2.51. The highest BCUT2D eigenvalue weighted by molar-refractivity contribution is 5.92. The van der Waals surface area contributed by atoms with E-state index in [1.807, 2.05) is 4.57 Å². The van der Waals surface area contributed by atoms with Gasteiger partial charge in [0.25, 0.3) is 5.91 Å². The molecule has 1 fully saturated rings. The number of nitrogens with zero attached hydrogens (tertiary/aromatic N) is 3. The summed E-state index contributed by atoms with van der Waals surface area (Å²) in [4.78, 5) is 17.8. The van der Waals surface area contributed by atoms with E-state index in [0.717, 1.165) is 18.9 Å². The predicted octanol–water partition coefficient (Wildman–Crippen LogP) is 0.432. The van der Waals surface area contributed by atoms with Crippen molar-refractivity contribution >= 4 is 5.91 Å². The summed E-state index contributed by atoms with van der Waals surface area (Å²) in [6.07, 6.45) is -4.06. The van der Waals surface area contributed by atoms with Crippen LogP contribution in [0.25, 0.3) is 0 Å². The first-order chi connectivity index (χ1) is 10.4. The Balaban J connectivity index is 1.73. The summed E-state index contributed by atoms with van der Waals surface area (Å²) in [6.45, 7) is 1.81. The maximum Gasteiger partial charge on any atom is 0.416 e. The lowest BCUT2D eigenvalue weighted by Gasteiger charge is -2.33. The summed E-state index contributed by atoms with van der Waals surface area (Å²) in [5.74, 6) is 0.320. The number of amides is 1.